The molecule has 0 spiro atoms. The van der Waals surface area contributed by atoms with Crippen LogP contribution in [0.5, 0.6) is 0 Å². The largest absolute Gasteiger partial charge is 0.310 e. The van der Waals surface area contributed by atoms with E-state index in [0.717, 1.165) is 12.1 Å². The quantitative estimate of drug-likeness (QED) is 0.671. The van der Waals surface area contributed by atoms with Crippen molar-refractivity contribution >= 4 is 11.8 Å². The molecule has 0 aromatic heterocycles. The molecule has 2 aliphatic rings. The van der Waals surface area contributed by atoms with E-state index in [1.807, 2.05) is 11.8 Å². The molecular weight excluding hydrogens is 204 g/mol. The number of rotatable bonds is 7. The van der Waals surface area contributed by atoms with Crippen molar-refractivity contribution in [1.29, 1.82) is 0 Å². The first-order valence-electron chi connectivity index (χ1n) is 6.36. The monoisotopic (exact) mass is 228 g/mol. The molecule has 1 heterocycles. The van der Waals surface area contributed by atoms with Gasteiger partial charge in [0, 0.05) is 18.6 Å². The molecule has 88 valence electrons. The third kappa shape index (κ3) is 4.33. The molecule has 0 amide bonds. The minimum Gasteiger partial charge on any atom is -0.310 e. The first kappa shape index (κ1) is 11.7. The molecule has 2 fully saturated rings. The fourth-order valence-corrected chi connectivity index (χ4v) is 2.83. The summed E-state index contributed by atoms with van der Waals surface area (Å²) >= 11 is 1.97. The maximum absolute atomic E-state index is 3.74. The minimum atomic E-state index is 0.804. The van der Waals surface area contributed by atoms with Gasteiger partial charge >= 0.3 is 0 Å². The molecule has 3 heteroatoms. The van der Waals surface area contributed by atoms with Crippen LogP contribution in [-0.4, -0.2) is 48.6 Å². The Hall–Kier alpha value is 0.270. The maximum atomic E-state index is 3.74. The van der Waals surface area contributed by atoms with Gasteiger partial charge in [-0.25, -0.2) is 0 Å². The summed E-state index contributed by atoms with van der Waals surface area (Å²) < 4.78 is 0. The topological polar surface area (TPSA) is 15.3 Å². The molecule has 2 nitrogen and oxygen atoms in total. The summed E-state index contributed by atoms with van der Waals surface area (Å²) in [7, 11) is 0. The first-order valence-corrected chi connectivity index (χ1v) is 7.75. The third-order valence-electron chi connectivity index (χ3n) is 3.39. The molecule has 0 radical (unpaired) electrons. The SMILES string of the molecule is CSCCCCN1CCC(NC2CC2)C1. The molecule has 0 bridgehead atoms. The van der Waals surface area contributed by atoms with Crippen molar-refractivity contribution in [2.75, 3.05) is 31.6 Å². The van der Waals surface area contributed by atoms with Crippen LogP contribution in [0.4, 0.5) is 0 Å². The van der Waals surface area contributed by atoms with Crippen molar-refractivity contribution in [3.63, 3.8) is 0 Å². The minimum absolute atomic E-state index is 0.804. The number of likely N-dealkylation sites (tertiary alicyclic amines) is 1. The van der Waals surface area contributed by atoms with Crippen LogP contribution >= 0.6 is 11.8 Å². The van der Waals surface area contributed by atoms with Gasteiger partial charge in [0.25, 0.3) is 0 Å². The van der Waals surface area contributed by atoms with Crippen molar-refractivity contribution < 1.29 is 0 Å². The van der Waals surface area contributed by atoms with Crippen molar-refractivity contribution in [3.8, 4) is 0 Å². The molecule has 0 aromatic rings. The second kappa shape index (κ2) is 6.12. The summed E-state index contributed by atoms with van der Waals surface area (Å²) in [5, 5.41) is 3.74. The van der Waals surface area contributed by atoms with Crippen LogP contribution in [0, 0.1) is 0 Å². The molecular formula is C12H24N2S. The summed E-state index contributed by atoms with van der Waals surface area (Å²) in [5.74, 6) is 1.33. The molecule has 1 aliphatic carbocycles. The third-order valence-corrected chi connectivity index (χ3v) is 4.09. The summed E-state index contributed by atoms with van der Waals surface area (Å²) in [6, 6.07) is 1.68. The van der Waals surface area contributed by atoms with Crippen LogP contribution in [0.3, 0.4) is 0 Å². The van der Waals surface area contributed by atoms with Gasteiger partial charge in [-0.1, -0.05) is 0 Å². The summed E-state index contributed by atoms with van der Waals surface area (Å²) in [4.78, 5) is 2.64. The van der Waals surface area contributed by atoms with Crippen molar-refractivity contribution in [1.82, 2.24) is 10.2 Å². The zero-order chi connectivity index (χ0) is 10.5. The Balaban J connectivity index is 1.51. The summed E-state index contributed by atoms with van der Waals surface area (Å²) in [6.45, 7) is 3.95. The van der Waals surface area contributed by atoms with Crippen LogP contribution in [0.15, 0.2) is 0 Å². The Morgan fingerprint density at radius 1 is 1.20 bits per heavy atom. The van der Waals surface area contributed by atoms with Gasteiger partial charge in [-0.3, -0.25) is 0 Å². The molecule has 1 aliphatic heterocycles. The number of hydrogen-bond acceptors (Lipinski definition) is 3. The van der Waals surface area contributed by atoms with Crippen LogP contribution in [0.2, 0.25) is 0 Å². The Labute approximate surface area is 98.2 Å². The summed E-state index contributed by atoms with van der Waals surface area (Å²) in [6.07, 6.45) is 9.19. The lowest BCUT2D eigenvalue weighted by molar-refractivity contribution is 0.322. The second-order valence-corrected chi connectivity index (χ2v) is 5.91. The standard InChI is InChI=1S/C12H24N2S/c1-15-9-3-2-7-14-8-6-12(10-14)13-11-4-5-11/h11-13H,2-10H2,1H3. The number of nitrogens with one attached hydrogen (secondary N) is 1. The number of nitrogens with zero attached hydrogens (tertiary/aromatic N) is 1. The first-order chi connectivity index (χ1) is 7.38. The van der Waals surface area contributed by atoms with E-state index in [2.05, 4.69) is 16.5 Å². The van der Waals surface area contributed by atoms with Gasteiger partial charge in [0.1, 0.15) is 0 Å². The Kier molecular flexibility index (Phi) is 4.79. The van der Waals surface area contributed by atoms with E-state index >= 15 is 0 Å². The number of hydrogen-bond donors (Lipinski definition) is 1. The van der Waals surface area contributed by atoms with E-state index in [4.69, 9.17) is 0 Å². The normalized spacial score (nSPS) is 27.4. The molecule has 15 heavy (non-hydrogen) atoms. The Bertz CT molecular complexity index is 182. The van der Waals surface area contributed by atoms with E-state index < -0.39 is 0 Å². The highest BCUT2D eigenvalue weighted by Crippen LogP contribution is 2.22. The van der Waals surface area contributed by atoms with Crippen LogP contribution < -0.4 is 5.32 Å². The highest BCUT2D eigenvalue weighted by molar-refractivity contribution is 7.98. The summed E-state index contributed by atoms with van der Waals surface area (Å²) in [5.41, 5.74) is 0. The lowest BCUT2D eigenvalue weighted by atomic mass is 10.2. The van der Waals surface area contributed by atoms with Crippen molar-refractivity contribution in [2.24, 2.45) is 0 Å². The molecule has 1 atom stereocenters. The molecule has 1 saturated carbocycles. The van der Waals surface area contributed by atoms with Crippen LogP contribution in [0.1, 0.15) is 32.1 Å². The molecule has 0 aromatic carbocycles. The van der Waals surface area contributed by atoms with Gasteiger partial charge in [-0.05, 0) is 57.2 Å². The van der Waals surface area contributed by atoms with Gasteiger partial charge in [0.05, 0.1) is 0 Å². The fraction of sp³-hybridized carbons (Fsp3) is 1.00. The van der Waals surface area contributed by atoms with E-state index in [1.165, 1.54) is 57.5 Å². The van der Waals surface area contributed by atoms with Gasteiger partial charge in [-0.2, -0.15) is 11.8 Å². The van der Waals surface area contributed by atoms with Crippen molar-refractivity contribution in [3.05, 3.63) is 0 Å². The second-order valence-electron chi connectivity index (χ2n) is 4.93. The van der Waals surface area contributed by atoms with E-state index in [-0.39, 0.29) is 0 Å². The van der Waals surface area contributed by atoms with Gasteiger partial charge in [0.15, 0.2) is 0 Å². The highest BCUT2D eigenvalue weighted by atomic mass is 32.2. The number of unbranched alkanes of at least 4 members (excludes halogenated alkanes) is 1. The van der Waals surface area contributed by atoms with Gasteiger partial charge < -0.3 is 10.2 Å². The molecule has 1 unspecified atom stereocenters. The van der Waals surface area contributed by atoms with E-state index in [9.17, 15) is 0 Å². The highest BCUT2D eigenvalue weighted by Gasteiger charge is 2.28. The molecule has 1 N–H and O–H groups in total. The van der Waals surface area contributed by atoms with Gasteiger partial charge in [-0.15, -0.1) is 0 Å². The zero-order valence-electron chi connectivity index (χ0n) is 9.87. The molecule has 2 rings (SSSR count). The van der Waals surface area contributed by atoms with Crippen LogP contribution in [-0.2, 0) is 0 Å². The predicted octanol–water partition coefficient (Wildman–Crippen LogP) is 1.96. The smallest absolute Gasteiger partial charge is 0.0209 e. The lowest BCUT2D eigenvalue weighted by Crippen LogP contribution is -2.34. The average molecular weight is 228 g/mol. The Morgan fingerprint density at radius 3 is 2.80 bits per heavy atom. The zero-order valence-corrected chi connectivity index (χ0v) is 10.7. The fourth-order valence-electron chi connectivity index (χ4n) is 2.34. The lowest BCUT2D eigenvalue weighted by Gasteiger charge is -2.16. The van der Waals surface area contributed by atoms with Crippen LogP contribution in [0.25, 0.3) is 0 Å². The van der Waals surface area contributed by atoms with E-state index in [1.54, 1.807) is 0 Å². The van der Waals surface area contributed by atoms with Crippen molar-refractivity contribution in [2.45, 2.75) is 44.2 Å². The average Bonchev–Trinajstić information content (AvgIpc) is 2.93. The molecule has 1 saturated heterocycles. The Morgan fingerprint density at radius 2 is 2.07 bits per heavy atom. The number of thioether (sulfide) groups is 1. The van der Waals surface area contributed by atoms with Gasteiger partial charge in [0.2, 0.25) is 0 Å². The maximum Gasteiger partial charge on any atom is 0.0209 e. The predicted molar refractivity (Wildman–Crippen MR) is 68.6 cm³/mol. The van der Waals surface area contributed by atoms with E-state index in [0.29, 0.717) is 0 Å².